The molecule has 1 aromatic heterocycles. The predicted octanol–water partition coefficient (Wildman–Crippen LogP) is 1.72. The highest BCUT2D eigenvalue weighted by Gasteiger charge is 2.24. The van der Waals surface area contributed by atoms with E-state index in [1.54, 1.807) is 30.3 Å². The second-order valence-electron chi connectivity index (χ2n) is 7.08. The van der Waals surface area contributed by atoms with Gasteiger partial charge in [0.05, 0.1) is 13.2 Å². The minimum absolute atomic E-state index is 0.129. The first-order chi connectivity index (χ1) is 13.6. The molecule has 0 saturated carbocycles. The summed E-state index contributed by atoms with van der Waals surface area (Å²) in [6.07, 6.45) is 1.59. The third-order valence-corrected chi connectivity index (χ3v) is 5.28. The summed E-state index contributed by atoms with van der Waals surface area (Å²) < 4.78 is 19.2. The number of piperazine rings is 1. The molecule has 2 saturated heterocycles. The number of amides is 1. The maximum Gasteiger partial charge on any atom is 0.254 e. The van der Waals surface area contributed by atoms with Gasteiger partial charge >= 0.3 is 0 Å². The van der Waals surface area contributed by atoms with Crippen LogP contribution < -0.4 is 9.80 Å². The van der Waals surface area contributed by atoms with Crippen LogP contribution >= 0.6 is 0 Å². The molecule has 2 aromatic rings. The fraction of sp³-hybridized carbons (Fsp3) is 0.450. The molecule has 0 bridgehead atoms. The standard InChI is InChI=1S/C20H24FN5O2/c1-15-2-3-16(12-17(15)21)20(27)26-6-4-24(5-7-26)18-13-19(23-14-22-18)25-8-10-28-11-9-25/h2-3,12-14H,4-11H2,1H3. The number of hydrogen-bond acceptors (Lipinski definition) is 6. The van der Waals surface area contributed by atoms with Crippen LogP contribution in [0.15, 0.2) is 30.6 Å². The summed E-state index contributed by atoms with van der Waals surface area (Å²) in [4.78, 5) is 27.6. The van der Waals surface area contributed by atoms with Crippen LogP contribution in [0.1, 0.15) is 15.9 Å². The third kappa shape index (κ3) is 3.91. The Bertz CT molecular complexity index is 848. The summed E-state index contributed by atoms with van der Waals surface area (Å²) >= 11 is 0. The molecule has 0 aliphatic carbocycles. The van der Waals surface area contributed by atoms with Crippen LogP contribution in [0, 0.1) is 12.7 Å². The molecular weight excluding hydrogens is 361 g/mol. The molecule has 2 aliphatic rings. The van der Waals surface area contributed by atoms with Crippen molar-refractivity contribution < 1.29 is 13.9 Å². The summed E-state index contributed by atoms with van der Waals surface area (Å²) in [7, 11) is 0. The Morgan fingerprint density at radius 1 is 0.964 bits per heavy atom. The number of nitrogens with zero attached hydrogens (tertiary/aromatic N) is 5. The number of halogens is 1. The minimum atomic E-state index is -0.346. The number of morpholine rings is 1. The second kappa shape index (κ2) is 8.10. The van der Waals surface area contributed by atoms with E-state index in [1.807, 2.05) is 6.07 Å². The number of benzene rings is 1. The first-order valence-corrected chi connectivity index (χ1v) is 9.57. The van der Waals surface area contributed by atoms with Gasteiger partial charge in [-0.3, -0.25) is 4.79 Å². The molecule has 4 rings (SSSR count). The van der Waals surface area contributed by atoms with Gasteiger partial charge in [-0.2, -0.15) is 0 Å². The fourth-order valence-corrected chi connectivity index (χ4v) is 3.52. The van der Waals surface area contributed by atoms with Crippen molar-refractivity contribution in [3.05, 3.63) is 47.5 Å². The summed E-state index contributed by atoms with van der Waals surface area (Å²) in [5.41, 5.74) is 0.939. The Hall–Kier alpha value is -2.74. The number of hydrogen-bond donors (Lipinski definition) is 0. The maximum atomic E-state index is 13.8. The van der Waals surface area contributed by atoms with Crippen LogP contribution in [0.3, 0.4) is 0 Å². The van der Waals surface area contributed by atoms with Gasteiger partial charge < -0.3 is 19.4 Å². The van der Waals surface area contributed by atoms with Crippen LogP contribution in [0.4, 0.5) is 16.0 Å². The smallest absolute Gasteiger partial charge is 0.254 e. The van der Waals surface area contributed by atoms with Crippen molar-refractivity contribution in [1.82, 2.24) is 14.9 Å². The summed E-state index contributed by atoms with van der Waals surface area (Å²) in [5.74, 6) is 1.29. The van der Waals surface area contributed by atoms with E-state index < -0.39 is 0 Å². The van der Waals surface area contributed by atoms with Crippen molar-refractivity contribution in [3.8, 4) is 0 Å². The lowest BCUT2D eigenvalue weighted by Gasteiger charge is -2.36. The molecule has 148 valence electrons. The van der Waals surface area contributed by atoms with Gasteiger partial charge in [-0.25, -0.2) is 14.4 Å². The molecule has 0 radical (unpaired) electrons. The van der Waals surface area contributed by atoms with Gasteiger partial charge in [-0.05, 0) is 24.6 Å². The van der Waals surface area contributed by atoms with E-state index in [9.17, 15) is 9.18 Å². The molecule has 7 nitrogen and oxygen atoms in total. The van der Waals surface area contributed by atoms with Gasteiger partial charge in [0.25, 0.3) is 5.91 Å². The lowest BCUT2D eigenvalue weighted by atomic mass is 10.1. The number of aromatic nitrogens is 2. The Labute approximate surface area is 163 Å². The van der Waals surface area contributed by atoms with Gasteiger partial charge in [0.2, 0.25) is 0 Å². The molecule has 1 aromatic carbocycles. The topological polar surface area (TPSA) is 61.8 Å². The largest absolute Gasteiger partial charge is 0.378 e. The van der Waals surface area contributed by atoms with Gasteiger partial charge in [-0.15, -0.1) is 0 Å². The normalized spacial score (nSPS) is 17.7. The molecule has 2 fully saturated rings. The zero-order valence-electron chi connectivity index (χ0n) is 16.0. The van der Waals surface area contributed by atoms with Gasteiger partial charge in [0.15, 0.2) is 0 Å². The van der Waals surface area contributed by atoms with Crippen molar-refractivity contribution in [2.75, 3.05) is 62.3 Å². The Morgan fingerprint density at radius 2 is 1.61 bits per heavy atom. The molecule has 0 atom stereocenters. The quantitative estimate of drug-likeness (QED) is 0.802. The van der Waals surface area contributed by atoms with E-state index in [0.29, 0.717) is 50.5 Å². The zero-order valence-corrected chi connectivity index (χ0v) is 16.0. The summed E-state index contributed by atoms with van der Waals surface area (Å²) in [5, 5.41) is 0. The van der Waals surface area contributed by atoms with E-state index in [4.69, 9.17) is 4.74 Å². The predicted molar refractivity (Wildman–Crippen MR) is 104 cm³/mol. The average Bonchev–Trinajstić information content (AvgIpc) is 2.76. The van der Waals surface area contributed by atoms with Crippen LogP contribution in [-0.4, -0.2) is 73.3 Å². The lowest BCUT2D eigenvalue weighted by Crippen LogP contribution is -2.49. The minimum Gasteiger partial charge on any atom is -0.378 e. The van der Waals surface area contributed by atoms with Crippen LogP contribution in [0.25, 0.3) is 0 Å². The molecule has 8 heteroatoms. The van der Waals surface area contributed by atoms with Crippen molar-refractivity contribution in [2.45, 2.75) is 6.92 Å². The first kappa shape index (κ1) is 18.6. The second-order valence-corrected chi connectivity index (χ2v) is 7.08. The Morgan fingerprint density at radius 3 is 2.25 bits per heavy atom. The van der Waals surface area contributed by atoms with Crippen LogP contribution in [-0.2, 0) is 4.74 Å². The Balaban J connectivity index is 1.40. The molecule has 28 heavy (non-hydrogen) atoms. The summed E-state index contributed by atoms with van der Waals surface area (Å²) in [6, 6.07) is 6.65. The van der Waals surface area contributed by atoms with Crippen LogP contribution in [0.5, 0.6) is 0 Å². The molecule has 0 spiro atoms. The maximum absolute atomic E-state index is 13.8. The first-order valence-electron chi connectivity index (χ1n) is 9.57. The number of anilines is 2. The average molecular weight is 385 g/mol. The van der Waals surface area contributed by atoms with E-state index in [1.165, 1.54) is 6.07 Å². The monoisotopic (exact) mass is 385 g/mol. The number of carbonyl (C=O) groups is 1. The van der Waals surface area contributed by atoms with Gasteiger partial charge in [0, 0.05) is 50.9 Å². The van der Waals surface area contributed by atoms with Crippen molar-refractivity contribution in [3.63, 3.8) is 0 Å². The highest BCUT2D eigenvalue weighted by atomic mass is 19.1. The summed E-state index contributed by atoms with van der Waals surface area (Å²) in [6.45, 7) is 7.27. The highest BCUT2D eigenvalue weighted by Crippen LogP contribution is 2.20. The number of rotatable bonds is 3. The number of carbonyl (C=O) groups excluding carboxylic acids is 1. The molecular formula is C20H24FN5O2. The SMILES string of the molecule is Cc1ccc(C(=O)N2CCN(c3cc(N4CCOCC4)ncn3)CC2)cc1F. The van der Waals surface area contributed by atoms with Gasteiger partial charge in [0.1, 0.15) is 23.8 Å². The molecule has 0 unspecified atom stereocenters. The fourth-order valence-electron chi connectivity index (χ4n) is 3.52. The number of aryl methyl sites for hydroxylation is 1. The van der Waals surface area contributed by atoms with Crippen molar-refractivity contribution >= 4 is 17.5 Å². The van der Waals surface area contributed by atoms with E-state index in [2.05, 4.69) is 19.8 Å². The van der Waals surface area contributed by atoms with E-state index in [-0.39, 0.29) is 11.7 Å². The molecule has 3 heterocycles. The van der Waals surface area contributed by atoms with E-state index in [0.717, 1.165) is 24.7 Å². The van der Waals surface area contributed by atoms with Crippen LogP contribution in [0.2, 0.25) is 0 Å². The zero-order chi connectivity index (χ0) is 19.5. The lowest BCUT2D eigenvalue weighted by molar-refractivity contribution is 0.0746. The van der Waals surface area contributed by atoms with Crippen molar-refractivity contribution in [2.24, 2.45) is 0 Å². The van der Waals surface area contributed by atoms with E-state index >= 15 is 0 Å². The Kier molecular flexibility index (Phi) is 5.38. The third-order valence-electron chi connectivity index (χ3n) is 5.28. The highest BCUT2D eigenvalue weighted by molar-refractivity contribution is 5.94. The number of ether oxygens (including phenoxy) is 1. The molecule has 1 amide bonds. The van der Waals surface area contributed by atoms with Gasteiger partial charge in [-0.1, -0.05) is 6.07 Å². The molecule has 2 aliphatic heterocycles. The van der Waals surface area contributed by atoms with Crippen molar-refractivity contribution in [1.29, 1.82) is 0 Å². The molecule has 0 N–H and O–H groups in total.